The highest BCUT2D eigenvalue weighted by atomic mass is 19.4. The van der Waals surface area contributed by atoms with Gasteiger partial charge in [-0.1, -0.05) is 42.4 Å². The Morgan fingerprint density at radius 1 is 0.944 bits per heavy atom. The highest BCUT2D eigenvalue weighted by Crippen LogP contribution is 2.20. The molecule has 0 bridgehead atoms. The molecule has 36 heavy (non-hydrogen) atoms. The molecule has 0 radical (unpaired) electrons. The second-order valence-electron chi connectivity index (χ2n) is 6.67. The fourth-order valence-corrected chi connectivity index (χ4v) is 2.46. The number of alkyl halides is 3. The number of para-hydroxylation sites is 1. The van der Waals surface area contributed by atoms with Crippen molar-refractivity contribution in [2.45, 2.75) is 25.2 Å². The molecule has 1 amide bonds. The first kappa shape index (κ1) is 29.4. The van der Waals surface area contributed by atoms with Crippen molar-refractivity contribution in [2.75, 3.05) is 7.11 Å². The number of oxime groups is 1. The molecular formula is C22H22F3N3O8. The standard InChI is InChI=1S/C20H21N3O6.C2HF3O2/c1-3-16(24)20(19(26)27,29-15-7-5-4-6-8-15)22-18(25)14-11-9-13(10-12-14)17(21)23-28-2;3-2(4,5)1(6)7/h4-12H,3H2,1-2H3,(H2,21,23)(H,22,25)(H,26,27);(H,6,7). The van der Waals surface area contributed by atoms with E-state index in [2.05, 4.69) is 15.3 Å². The molecule has 0 aliphatic carbocycles. The van der Waals surface area contributed by atoms with E-state index in [0.29, 0.717) is 5.56 Å². The number of amides is 1. The molecule has 0 saturated carbocycles. The average molecular weight is 513 g/mol. The van der Waals surface area contributed by atoms with Gasteiger partial charge < -0.3 is 25.5 Å². The monoisotopic (exact) mass is 513 g/mol. The first-order chi connectivity index (χ1) is 16.8. The van der Waals surface area contributed by atoms with Gasteiger partial charge in [-0.3, -0.25) is 14.9 Å². The van der Waals surface area contributed by atoms with Crippen LogP contribution in [0.2, 0.25) is 0 Å². The van der Waals surface area contributed by atoms with Gasteiger partial charge in [-0.05, 0) is 24.3 Å². The lowest BCUT2D eigenvalue weighted by molar-refractivity contribution is -0.192. The summed E-state index contributed by atoms with van der Waals surface area (Å²) in [6.07, 6.45) is -5.25. The van der Waals surface area contributed by atoms with Crippen LogP contribution in [0.4, 0.5) is 13.2 Å². The predicted octanol–water partition coefficient (Wildman–Crippen LogP) is 2.16. The zero-order chi connectivity index (χ0) is 27.5. The number of halogens is 3. The van der Waals surface area contributed by atoms with Gasteiger partial charge in [0.05, 0.1) is 0 Å². The number of carbonyl (C=O) groups excluding carboxylic acids is 2. The molecule has 194 valence electrons. The number of Topliss-reactive ketones (excluding diaryl/α,β-unsaturated/α-hetero) is 1. The third-order valence-electron chi connectivity index (χ3n) is 4.19. The Balaban J connectivity index is 0.000000809. The maximum atomic E-state index is 12.7. The van der Waals surface area contributed by atoms with Gasteiger partial charge in [-0.2, -0.15) is 13.2 Å². The second kappa shape index (κ2) is 12.7. The summed E-state index contributed by atoms with van der Waals surface area (Å²) in [5.74, 6) is -5.78. The molecule has 0 fully saturated rings. The molecule has 11 nitrogen and oxygen atoms in total. The predicted molar refractivity (Wildman–Crippen MR) is 118 cm³/mol. The molecule has 1 atom stereocenters. The van der Waals surface area contributed by atoms with Crippen molar-refractivity contribution in [1.29, 1.82) is 0 Å². The van der Waals surface area contributed by atoms with Crippen molar-refractivity contribution in [3.63, 3.8) is 0 Å². The summed E-state index contributed by atoms with van der Waals surface area (Å²) >= 11 is 0. The number of nitrogens with one attached hydrogen (secondary N) is 1. The van der Waals surface area contributed by atoms with Gasteiger partial charge in [0.1, 0.15) is 12.9 Å². The maximum absolute atomic E-state index is 12.7. The van der Waals surface area contributed by atoms with Gasteiger partial charge in [-0.25, -0.2) is 9.59 Å². The van der Waals surface area contributed by atoms with Gasteiger partial charge in [0.15, 0.2) is 5.84 Å². The number of benzene rings is 2. The molecule has 2 aromatic carbocycles. The minimum Gasteiger partial charge on any atom is -0.476 e. The zero-order valence-electron chi connectivity index (χ0n) is 18.9. The summed E-state index contributed by atoms with van der Waals surface area (Å²) in [5, 5.41) is 22.7. The molecule has 0 aliphatic rings. The number of hydrogen-bond acceptors (Lipinski definition) is 7. The van der Waals surface area contributed by atoms with Crippen molar-refractivity contribution in [2.24, 2.45) is 10.9 Å². The molecule has 2 rings (SSSR count). The second-order valence-corrected chi connectivity index (χ2v) is 6.67. The van der Waals surface area contributed by atoms with Crippen LogP contribution in [0.25, 0.3) is 0 Å². The van der Waals surface area contributed by atoms with Gasteiger partial charge in [-0.15, -0.1) is 0 Å². The van der Waals surface area contributed by atoms with Crippen LogP contribution in [-0.4, -0.2) is 58.7 Å². The van der Waals surface area contributed by atoms with Crippen LogP contribution in [0.15, 0.2) is 59.8 Å². The van der Waals surface area contributed by atoms with E-state index in [1.807, 2.05) is 0 Å². The number of carbonyl (C=O) groups is 4. The van der Waals surface area contributed by atoms with Crippen LogP contribution in [0.5, 0.6) is 5.75 Å². The molecule has 5 N–H and O–H groups in total. The number of ether oxygens (including phenoxy) is 1. The Kier molecular flexibility index (Phi) is 10.4. The number of hydrogen-bond donors (Lipinski definition) is 4. The summed E-state index contributed by atoms with van der Waals surface area (Å²) in [6.45, 7) is 1.48. The van der Waals surface area contributed by atoms with Gasteiger partial charge in [0.25, 0.3) is 5.91 Å². The lowest BCUT2D eigenvalue weighted by atomic mass is 10.0. The lowest BCUT2D eigenvalue weighted by Gasteiger charge is -2.29. The fraction of sp³-hybridized carbons (Fsp3) is 0.227. The largest absolute Gasteiger partial charge is 0.490 e. The summed E-state index contributed by atoms with van der Waals surface area (Å²) in [4.78, 5) is 50.7. The number of amidine groups is 1. The fourth-order valence-electron chi connectivity index (χ4n) is 2.46. The third-order valence-corrected chi connectivity index (χ3v) is 4.19. The third kappa shape index (κ3) is 8.00. The summed E-state index contributed by atoms with van der Waals surface area (Å²) in [7, 11) is 1.34. The molecule has 0 spiro atoms. The Morgan fingerprint density at radius 3 is 1.86 bits per heavy atom. The van der Waals surface area contributed by atoms with Crippen LogP contribution in [0.1, 0.15) is 29.3 Å². The molecule has 0 aliphatic heterocycles. The van der Waals surface area contributed by atoms with Gasteiger partial charge in [0, 0.05) is 17.5 Å². The smallest absolute Gasteiger partial charge is 0.476 e. The van der Waals surface area contributed by atoms with Crippen LogP contribution >= 0.6 is 0 Å². The normalized spacial score (nSPS) is 12.8. The van der Waals surface area contributed by atoms with E-state index in [1.54, 1.807) is 18.2 Å². The van der Waals surface area contributed by atoms with E-state index in [0.717, 1.165) is 0 Å². The number of ketones is 1. The zero-order valence-corrected chi connectivity index (χ0v) is 18.9. The number of rotatable bonds is 9. The van der Waals surface area contributed by atoms with E-state index >= 15 is 0 Å². The lowest BCUT2D eigenvalue weighted by Crippen LogP contribution is -2.64. The summed E-state index contributed by atoms with van der Waals surface area (Å²) in [5.41, 5.74) is 3.73. The van der Waals surface area contributed by atoms with Crippen LogP contribution in [0.3, 0.4) is 0 Å². The molecule has 14 heteroatoms. The number of carboxylic acids is 2. The molecule has 2 aromatic rings. The Morgan fingerprint density at radius 2 is 1.44 bits per heavy atom. The topological polar surface area (TPSA) is 178 Å². The Bertz CT molecular complexity index is 1110. The van der Waals surface area contributed by atoms with E-state index in [9.17, 15) is 32.7 Å². The number of nitrogens with two attached hydrogens (primary N) is 1. The Labute approximate surface area is 202 Å². The van der Waals surface area contributed by atoms with Crippen molar-refractivity contribution >= 4 is 29.5 Å². The summed E-state index contributed by atoms with van der Waals surface area (Å²) in [6, 6.07) is 13.7. The highest BCUT2D eigenvalue weighted by Gasteiger charge is 2.49. The average Bonchev–Trinajstić information content (AvgIpc) is 2.83. The number of carboxylic acid groups (broad SMARTS) is 2. The first-order valence-electron chi connectivity index (χ1n) is 9.88. The van der Waals surface area contributed by atoms with Crippen LogP contribution in [0, 0.1) is 0 Å². The van der Waals surface area contributed by atoms with Crippen LogP contribution < -0.4 is 15.8 Å². The number of aliphatic carboxylic acids is 2. The molecule has 0 heterocycles. The minimum absolute atomic E-state index is 0.102. The summed E-state index contributed by atoms with van der Waals surface area (Å²) < 4.78 is 37.2. The van der Waals surface area contributed by atoms with Crippen molar-refractivity contribution < 1.29 is 52.1 Å². The van der Waals surface area contributed by atoms with Gasteiger partial charge in [0.2, 0.25) is 5.78 Å². The van der Waals surface area contributed by atoms with Crippen molar-refractivity contribution in [3.05, 3.63) is 65.7 Å². The SMILES string of the molecule is CCC(=O)C(NC(=O)c1ccc(C(N)=NOC)cc1)(Oc1ccccc1)C(=O)O.O=C(O)C(F)(F)F. The van der Waals surface area contributed by atoms with Crippen molar-refractivity contribution in [3.8, 4) is 5.75 Å². The van der Waals surface area contributed by atoms with Crippen LogP contribution in [-0.2, 0) is 19.2 Å². The quantitative estimate of drug-likeness (QED) is 0.129. The molecular weight excluding hydrogens is 491 g/mol. The molecule has 1 unspecified atom stereocenters. The maximum Gasteiger partial charge on any atom is 0.490 e. The van der Waals surface area contributed by atoms with E-state index in [1.165, 1.54) is 50.4 Å². The molecule has 0 saturated heterocycles. The van der Waals surface area contributed by atoms with E-state index in [-0.39, 0.29) is 23.6 Å². The Hall–Kier alpha value is -4.62. The van der Waals surface area contributed by atoms with Gasteiger partial charge >= 0.3 is 23.8 Å². The van der Waals surface area contributed by atoms with E-state index in [4.69, 9.17) is 20.4 Å². The molecule has 0 aromatic heterocycles. The highest BCUT2D eigenvalue weighted by molar-refractivity contribution is 6.11. The van der Waals surface area contributed by atoms with E-state index < -0.39 is 35.5 Å². The number of nitrogens with zero attached hydrogens (tertiary/aromatic N) is 1. The van der Waals surface area contributed by atoms with Crippen molar-refractivity contribution in [1.82, 2.24) is 5.32 Å². The minimum atomic E-state index is -5.08. The first-order valence-corrected chi connectivity index (χ1v) is 9.88.